The summed E-state index contributed by atoms with van der Waals surface area (Å²) in [6.45, 7) is 4.28. The van der Waals surface area contributed by atoms with Crippen LogP contribution >= 0.6 is 15.9 Å². The zero-order valence-corrected chi connectivity index (χ0v) is 11.9. The SMILES string of the molecule is CCCC(Br)c1cc(OC)c(OC)cc1C. The van der Waals surface area contributed by atoms with Gasteiger partial charge in [0.2, 0.25) is 0 Å². The molecule has 1 rings (SSSR count). The smallest absolute Gasteiger partial charge is 0.161 e. The van der Waals surface area contributed by atoms with Crippen LogP contribution in [-0.2, 0) is 0 Å². The summed E-state index contributed by atoms with van der Waals surface area (Å²) in [5.74, 6) is 1.59. The van der Waals surface area contributed by atoms with E-state index in [1.807, 2.05) is 6.07 Å². The molecule has 0 fully saturated rings. The summed E-state index contributed by atoms with van der Waals surface area (Å²) in [7, 11) is 3.33. The molecule has 0 radical (unpaired) electrons. The van der Waals surface area contributed by atoms with Crippen molar-refractivity contribution >= 4 is 15.9 Å². The topological polar surface area (TPSA) is 18.5 Å². The maximum absolute atomic E-state index is 5.31. The van der Waals surface area contributed by atoms with Crippen LogP contribution in [0.25, 0.3) is 0 Å². The third-order valence-electron chi connectivity index (χ3n) is 2.65. The number of rotatable bonds is 5. The largest absolute Gasteiger partial charge is 0.493 e. The van der Waals surface area contributed by atoms with Gasteiger partial charge in [-0.25, -0.2) is 0 Å². The first-order valence-electron chi connectivity index (χ1n) is 5.50. The highest BCUT2D eigenvalue weighted by Crippen LogP contribution is 2.37. The number of alkyl halides is 1. The van der Waals surface area contributed by atoms with Gasteiger partial charge < -0.3 is 9.47 Å². The molecule has 0 N–H and O–H groups in total. The minimum Gasteiger partial charge on any atom is -0.493 e. The van der Waals surface area contributed by atoms with Gasteiger partial charge in [-0.15, -0.1) is 0 Å². The van der Waals surface area contributed by atoms with Crippen molar-refractivity contribution in [2.24, 2.45) is 0 Å². The Morgan fingerprint density at radius 3 is 2.25 bits per heavy atom. The van der Waals surface area contributed by atoms with Crippen LogP contribution in [0.1, 0.15) is 35.7 Å². The molecule has 3 heteroatoms. The molecule has 1 unspecified atom stereocenters. The molecule has 0 aliphatic heterocycles. The summed E-state index contributed by atoms with van der Waals surface area (Å²) >= 11 is 3.71. The number of methoxy groups -OCH3 is 2. The van der Waals surface area contributed by atoms with Crippen molar-refractivity contribution in [3.05, 3.63) is 23.3 Å². The van der Waals surface area contributed by atoms with Gasteiger partial charge in [0, 0.05) is 4.83 Å². The van der Waals surface area contributed by atoms with Crippen molar-refractivity contribution in [2.45, 2.75) is 31.5 Å². The van der Waals surface area contributed by atoms with Crippen molar-refractivity contribution in [3.63, 3.8) is 0 Å². The lowest BCUT2D eigenvalue weighted by Gasteiger charge is -2.16. The fraction of sp³-hybridized carbons (Fsp3) is 0.538. The molecular formula is C13H19BrO2. The molecule has 16 heavy (non-hydrogen) atoms. The van der Waals surface area contributed by atoms with Crippen LogP contribution in [0.4, 0.5) is 0 Å². The number of halogens is 1. The minimum atomic E-state index is 0.386. The molecule has 0 aromatic heterocycles. The van der Waals surface area contributed by atoms with Crippen LogP contribution in [-0.4, -0.2) is 14.2 Å². The third kappa shape index (κ3) is 2.91. The van der Waals surface area contributed by atoms with Gasteiger partial charge in [-0.05, 0) is 36.6 Å². The van der Waals surface area contributed by atoms with Crippen LogP contribution in [0, 0.1) is 6.92 Å². The van der Waals surface area contributed by atoms with Crippen LogP contribution in [0.2, 0.25) is 0 Å². The second-order valence-electron chi connectivity index (χ2n) is 3.82. The first-order chi connectivity index (χ1) is 7.63. The summed E-state index contributed by atoms with van der Waals surface area (Å²) in [5, 5.41) is 0. The summed E-state index contributed by atoms with van der Waals surface area (Å²) < 4.78 is 10.6. The highest BCUT2D eigenvalue weighted by atomic mass is 79.9. The van der Waals surface area contributed by atoms with Gasteiger partial charge in [-0.2, -0.15) is 0 Å². The van der Waals surface area contributed by atoms with E-state index < -0.39 is 0 Å². The fourth-order valence-electron chi connectivity index (χ4n) is 1.74. The predicted molar refractivity (Wildman–Crippen MR) is 70.9 cm³/mol. The normalized spacial score (nSPS) is 12.3. The van der Waals surface area contributed by atoms with Crippen LogP contribution in [0.5, 0.6) is 11.5 Å². The Bertz CT molecular complexity index is 350. The van der Waals surface area contributed by atoms with E-state index in [-0.39, 0.29) is 0 Å². The van der Waals surface area contributed by atoms with Gasteiger partial charge >= 0.3 is 0 Å². The molecule has 90 valence electrons. The summed E-state index contributed by atoms with van der Waals surface area (Å²) in [4.78, 5) is 0.386. The Morgan fingerprint density at radius 2 is 1.75 bits per heavy atom. The second-order valence-corrected chi connectivity index (χ2v) is 4.93. The van der Waals surface area contributed by atoms with Crippen molar-refractivity contribution in [1.29, 1.82) is 0 Å². The van der Waals surface area contributed by atoms with E-state index in [2.05, 4.69) is 35.8 Å². The molecule has 0 aliphatic rings. The summed E-state index contributed by atoms with van der Waals surface area (Å²) in [6.07, 6.45) is 2.28. The number of aryl methyl sites for hydroxylation is 1. The standard InChI is InChI=1S/C13H19BrO2/c1-5-6-11(14)10-8-13(16-4)12(15-3)7-9(10)2/h7-8,11H,5-6H2,1-4H3. The van der Waals surface area contributed by atoms with E-state index >= 15 is 0 Å². The molecular weight excluding hydrogens is 268 g/mol. The van der Waals surface area contributed by atoms with Gasteiger partial charge in [-0.1, -0.05) is 29.3 Å². The molecule has 0 saturated heterocycles. The highest BCUT2D eigenvalue weighted by Gasteiger charge is 2.14. The van der Waals surface area contributed by atoms with E-state index in [4.69, 9.17) is 9.47 Å². The quantitative estimate of drug-likeness (QED) is 0.754. The number of benzene rings is 1. The monoisotopic (exact) mass is 286 g/mol. The van der Waals surface area contributed by atoms with Crippen molar-refractivity contribution in [2.75, 3.05) is 14.2 Å². The maximum atomic E-state index is 5.31. The Morgan fingerprint density at radius 1 is 1.19 bits per heavy atom. The Labute approximate surface area is 106 Å². The van der Waals surface area contributed by atoms with Crippen molar-refractivity contribution in [1.82, 2.24) is 0 Å². The Hall–Kier alpha value is -0.700. The molecule has 0 bridgehead atoms. The van der Waals surface area contributed by atoms with Crippen molar-refractivity contribution in [3.8, 4) is 11.5 Å². The second kappa shape index (κ2) is 6.14. The molecule has 0 saturated carbocycles. The van der Waals surface area contributed by atoms with E-state index in [0.29, 0.717) is 4.83 Å². The van der Waals surface area contributed by atoms with Gasteiger partial charge in [0.1, 0.15) is 0 Å². The molecule has 0 heterocycles. The predicted octanol–water partition coefficient (Wildman–Crippen LogP) is 4.25. The van der Waals surface area contributed by atoms with Gasteiger partial charge in [0.15, 0.2) is 11.5 Å². The summed E-state index contributed by atoms with van der Waals surface area (Å²) in [5.41, 5.74) is 2.51. The zero-order chi connectivity index (χ0) is 12.1. The number of hydrogen-bond donors (Lipinski definition) is 0. The van der Waals surface area contributed by atoms with E-state index in [1.165, 1.54) is 11.1 Å². The third-order valence-corrected chi connectivity index (χ3v) is 3.60. The first-order valence-corrected chi connectivity index (χ1v) is 6.42. The average molecular weight is 287 g/mol. The number of hydrogen-bond acceptors (Lipinski definition) is 2. The lowest BCUT2D eigenvalue weighted by atomic mass is 10.0. The van der Waals surface area contributed by atoms with Gasteiger partial charge in [-0.3, -0.25) is 0 Å². The lowest BCUT2D eigenvalue weighted by molar-refractivity contribution is 0.354. The lowest BCUT2D eigenvalue weighted by Crippen LogP contribution is -1.98. The van der Waals surface area contributed by atoms with Crippen molar-refractivity contribution < 1.29 is 9.47 Å². The van der Waals surface area contributed by atoms with Crippen LogP contribution in [0.3, 0.4) is 0 Å². The molecule has 2 nitrogen and oxygen atoms in total. The highest BCUT2D eigenvalue weighted by molar-refractivity contribution is 9.09. The molecule has 1 atom stereocenters. The fourth-order valence-corrected chi connectivity index (χ4v) is 2.69. The van der Waals surface area contributed by atoms with Gasteiger partial charge in [0.05, 0.1) is 14.2 Å². The number of ether oxygens (including phenoxy) is 2. The Kier molecular flexibility index (Phi) is 5.13. The van der Waals surface area contributed by atoms with Crippen LogP contribution < -0.4 is 9.47 Å². The zero-order valence-electron chi connectivity index (χ0n) is 10.3. The van der Waals surface area contributed by atoms with Crippen LogP contribution in [0.15, 0.2) is 12.1 Å². The molecule has 1 aromatic rings. The molecule has 0 spiro atoms. The average Bonchev–Trinajstić information content (AvgIpc) is 2.28. The maximum Gasteiger partial charge on any atom is 0.161 e. The van der Waals surface area contributed by atoms with E-state index in [9.17, 15) is 0 Å². The van der Waals surface area contributed by atoms with E-state index in [1.54, 1.807) is 14.2 Å². The molecule has 1 aromatic carbocycles. The minimum absolute atomic E-state index is 0.386. The molecule has 0 amide bonds. The molecule has 0 aliphatic carbocycles. The first kappa shape index (κ1) is 13.4. The Balaban J connectivity index is 3.10. The van der Waals surface area contributed by atoms with Gasteiger partial charge in [0.25, 0.3) is 0 Å². The summed E-state index contributed by atoms with van der Waals surface area (Å²) in [6, 6.07) is 4.08. The van der Waals surface area contributed by atoms with E-state index in [0.717, 1.165) is 24.3 Å².